The van der Waals surface area contributed by atoms with Crippen LogP contribution in [0, 0.1) is 0 Å². The van der Waals surface area contributed by atoms with E-state index < -0.39 is 0 Å². The number of carbonyl (C=O) groups excluding carboxylic acids is 2. The first-order valence-corrected chi connectivity index (χ1v) is 10.2. The summed E-state index contributed by atoms with van der Waals surface area (Å²) in [6.07, 6.45) is 1.34. The molecular weight excluding hydrogens is 404 g/mol. The molecule has 3 amide bonds. The van der Waals surface area contributed by atoms with E-state index in [0.717, 1.165) is 29.0 Å². The molecule has 1 unspecified atom stereocenters. The molecule has 0 spiro atoms. The molecule has 0 aromatic heterocycles. The van der Waals surface area contributed by atoms with Gasteiger partial charge in [0.25, 0.3) is 5.91 Å². The molecule has 0 bridgehead atoms. The Kier molecular flexibility index (Phi) is 7.30. The van der Waals surface area contributed by atoms with E-state index >= 15 is 0 Å². The smallest absolute Gasteiger partial charge is 0.315 e. The summed E-state index contributed by atoms with van der Waals surface area (Å²) >= 11 is 6.35. The Hall–Kier alpha value is -3.06. The molecule has 7 nitrogen and oxygen atoms in total. The second-order valence-corrected chi connectivity index (χ2v) is 7.27. The van der Waals surface area contributed by atoms with Gasteiger partial charge in [0, 0.05) is 23.6 Å². The summed E-state index contributed by atoms with van der Waals surface area (Å²) in [5.74, 6) is 0.431. The molecule has 2 N–H and O–H groups in total. The zero-order chi connectivity index (χ0) is 21.5. The number of amides is 3. The summed E-state index contributed by atoms with van der Waals surface area (Å²) in [4.78, 5) is 24.7. The van der Waals surface area contributed by atoms with E-state index in [9.17, 15) is 9.59 Å². The third kappa shape index (κ3) is 5.10. The molecule has 30 heavy (non-hydrogen) atoms. The molecule has 1 atom stereocenters. The summed E-state index contributed by atoms with van der Waals surface area (Å²) in [6.45, 7) is 2.36. The highest BCUT2D eigenvalue weighted by Crippen LogP contribution is 2.34. The van der Waals surface area contributed by atoms with E-state index in [2.05, 4.69) is 15.7 Å². The van der Waals surface area contributed by atoms with Crippen molar-refractivity contribution in [3.8, 4) is 5.75 Å². The number of nitrogens with zero attached hydrogens (tertiary/aromatic N) is 2. The van der Waals surface area contributed by atoms with Gasteiger partial charge in [-0.1, -0.05) is 48.9 Å². The summed E-state index contributed by atoms with van der Waals surface area (Å²) in [6, 6.07) is 14.3. The van der Waals surface area contributed by atoms with Crippen molar-refractivity contribution in [2.45, 2.75) is 25.8 Å². The van der Waals surface area contributed by atoms with Gasteiger partial charge in [-0.05, 0) is 30.2 Å². The fourth-order valence-electron chi connectivity index (χ4n) is 3.22. The van der Waals surface area contributed by atoms with Gasteiger partial charge in [0.05, 0.1) is 18.9 Å². The lowest BCUT2D eigenvalue weighted by atomic mass is 9.98. The highest BCUT2D eigenvalue weighted by atomic mass is 35.5. The molecule has 1 heterocycles. The largest absolute Gasteiger partial charge is 0.497 e. The van der Waals surface area contributed by atoms with Crippen LogP contribution in [0.1, 0.15) is 36.9 Å². The van der Waals surface area contributed by atoms with Crippen LogP contribution in [-0.4, -0.2) is 42.9 Å². The average molecular weight is 429 g/mol. The Balaban J connectivity index is 1.82. The lowest BCUT2D eigenvalue weighted by Crippen LogP contribution is -2.42. The molecule has 2 aromatic carbocycles. The van der Waals surface area contributed by atoms with E-state index in [4.69, 9.17) is 16.3 Å². The van der Waals surface area contributed by atoms with Crippen molar-refractivity contribution >= 4 is 29.3 Å². The molecule has 0 saturated heterocycles. The average Bonchev–Trinajstić information content (AvgIpc) is 3.21. The minimum absolute atomic E-state index is 0.151. The number of hydrogen-bond donors (Lipinski definition) is 2. The number of hydrazone groups is 1. The molecular formula is C22H25ClN4O3. The molecule has 0 radical (unpaired) electrons. The Bertz CT molecular complexity index is 930. The van der Waals surface area contributed by atoms with Gasteiger partial charge in [0.1, 0.15) is 12.3 Å². The van der Waals surface area contributed by atoms with Crippen LogP contribution in [0.3, 0.4) is 0 Å². The SMILES string of the molecule is CCCNC(=O)NCC(=O)N1N=C(c2ccccc2Cl)CC1c1ccc(OC)cc1. The van der Waals surface area contributed by atoms with E-state index in [0.29, 0.717) is 18.0 Å². The highest BCUT2D eigenvalue weighted by Gasteiger charge is 2.33. The summed E-state index contributed by atoms with van der Waals surface area (Å²) < 4.78 is 5.23. The van der Waals surface area contributed by atoms with Crippen LogP contribution in [0.2, 0.25) is 5.02 Å². The third-order valence-corrected chi connectivity index (χ3v) is 5.12. The molecule has 2 aromatic rings. The van der Waals surface area contributed by atoms with Crippen LogP contribution in [-0.2, 0) is 4.79 Å². The number of methoxy groups -OCH3 is 1. The molecule has 0 saturated carbocycles. The number of benzene rings is 2. The second kappa shape index (κ2) is 10.1. The van der Waals surface area contributed by atoms with E-state index in [-0.39, 0.29) is 24.5 Å². The number of carbonyl (C=O) groups is 2. The zero-order valence-corrected chi connectivity index (χ0v) is 17.8. The summed E-state index contributed by atoms with van der Waals surface area (Å²) in [5.41, 5.74) is 2.44. The fourth-order valence-corrected chi connectivity index (χ4v) is 3.47. The number of rotatable bonds is 7. The Labute approximate surface area is 181 Å². The van der Waals surface area contributed by atoms with Crippen LogP contribution < -0.4 is 15.4 Å². The number of ether oxygens (including phenoxy) is 1. The van der Waals surface area contributed by atoms with Crippen molar-refractivity contribution in [2.24, 2.45) is 5.10 Å². The maximum atomic E-state index is 12.9. The minimum Gasteiger partial charge on any atom is -0.497 e. The summed E-state index contributed by atoms with van der Waals surface area (Å²) in [7, 11) is 1.61. The topological polar surface area (TPSA) is 83.0 Å². The van der Waals surface area contributed by atoms with Crippen LogP contribution in [0.25, 0.3) is 0 Å². The number of urea groups is 1. The van der Waals surface area contributed by atoms with Gasteiger partial charge in [0.15, 0.2) is 0 Å². The van der Waals surface area contributed by atoms with Crippen molar-refractivity contribution < 1.29 is 14.3 Å². The van der Waals surface area contributed by atoms with Gasteiger partial charge in [-0.2, -0.15) is 5.10 Å². The van der Waals surface area contributed by atoms with Crippen molar-refractivity contribution in [1.82, 2.24) is 15.6 Å². The maximum absolute atomic E-state index is 12.9. The van der Waals surface area contributed by atoms with Crippen molar-refractivity contribution in [1.29, 1.82) is 0 Å². The third-order valence-electron chi connectivity index (χ3n) is 4.79. The van der Waals surface area contributed by atoms with Gasteiger partial charge in [0.2, 0.25) is 0 Å². The Morgan fingerprint density at radius 3 is 2.57 bits per heavy atom. The van der Waals surface area contributed by atoms with Crippen molar-refractivity contribution in [2.75, 3.05) is 20.2 Å². The maximum Gasteiger partial charge on any atom is 0.315 e. The molecule has 0 aliphatic carbocycles. The molecule has 0 fully saturated rings. The van der Waals surface area contributed by atoms with E-state index in [1.165, 1.54) is 5.01 Å². The first-order valence-electron chi connectivity index (χ1n) is 9.83. The molecule has 1 aliphatic heterocycles. The number of nitrogens with one attached hydrogen (secondary N) is 2. The predicted octanol–water partition coefficient (Wildman–Crippen LogP) is 3.74. The highest BCUT2D eigenvalue weighted by molar-refractivity contribution is 6.34. The minimum atomic E-state index is -0.374. The predicted molar refractivity (Wildman–Crippen MR) is 117 cm³/mol. The van der Waals surface area contributed by atoms with Crippen LogP contribution >= 0.6 is 11.6 Å². The van der Waals surface area contributed by atoms with Gasteiger partial charge >= 0.3 is 6.03 Å². The van der Waals surface area contributed by atoms with Crippen LogP contribution in [0.4, 0.5) is 4.79 Å². The lowest BCUT2D eigenvalue weighted by molar-refractivity contribution is -0.131. The van der Waals surface area contributed by atoms with Gasteiger partial charge in [-0.15, -0.1) is 0 Å². The van der Waals surface area contributed by atoms with Gasteiger partial charge < -0.3 is 15.4 Å². The fraction of sp³-hybridized carbons (Fsp3) is 0.318. The summed E-state index contributed by atoms with van der Waals surface area (Å²) in [5, 5.41) is 11.9. The number of halogens is 1. The first-order chi connectivity index (χ1) is 14.5. The Morgan fingerprint density at radius 2 is 1.90 bits per heavy atom. The van der Waals surface area contributed by atoms with E-state index in [1.807, 2.05) is 49.4 Å². The van der Waals surface area contributed by atoms with E-state index in [1.54, 1.807) is 13.2 Å². The Morgan fingerprint density at radius 1 is 1.17 bits per heavy atom. The standard InChI is InChI=1S/C22H25ClN4O3/c1-3-12-24-22(29)25-14-21(28)27-20(15-8-10-16(30-2)11-9-15)13-19(26-27)17-6-4-5-7-18(17)23/h4-11,20H,3,12-14H2,1-2H3,(H2,24,25,29). The lowest BCUT2D eigenvalue weighted by Gasteiger charge is -2.22. The molecule has 8 heteroatoms. The number of hydrogen-bond acceptors (Lipinski definition) is 4. The van der Waals surface area contributed by atoms with Gasteiger partial charge in [-0.3, -0.25) is 4.79 Å². The molecule has 1 aliphatic rings. The molecule has 158 valence electrons. The van der Waals surface area contributed by atoms with Crippen LogP contribution in [0.15, 0.2) is 53.6 Å². The zero-order valence-electron chi connectivity index (χ0n) is 17.0. The normalized spacial score (nSPS) is 15.5. The second-order valence-electron chi connectivity index (χ2n) is 6.87. The monoisotopic (exact) mass is 428 g/mol. The van der Waals surface area contributed by atoms with Crippen molar-refractivity contribution in [3.05, 3.63) is 64.7 Å². The molecule has 3 rings (SSSR count). The quantitative estimate of drug-likeness (QED) is 0.704. The first kappa shape index (κ1) is 21.6. The van der Waals surface area contributed by atoms with Crippen molar-refractivity contribution in [3.63, 3.8) is 0 Å². The van der Waals surface area contributed by atoms with Crippen LogP contribution in [0.5, 0.6) is 5.75 Å². The van der Waals surface area contributed by atoms with Gasteiger partial charge in [-0.25, -0.2) is 9.80 Å².